The minimum absolute atomic E-state index is 0.0193. The number of carboxylic acid groups (broad SMARTS) is 1. The van der Waals surface area contributed by atoms with E-state index in [4.69, 9.17) is 10.8 Å². The van der Waals surface area contributed by atoms with Crippen molar-refractivity contribution in [3.63, 3.8) is 0 Å². The van der Waals surface area contributed by atoms with Crippen molar-refractivity contribution in [3.8, 4) is 0 Å². The van der Waals surface area contributed by atoms with Crippen LogP contribution in [0.5, 0.6) is 0 Å². The number of thiol groups is 2. The van der Waals surface area contributed by atoms with Crippen molar-refractivity contribution in [2.75, 3.05) is 5.75 Å². The summed E-state index contributed by atoms with van der Waals surface area (Å²) in [5, 5.41) is 8.19. The molecule has 0 amide bonds. The van der Waals surface area contributed by atoms with E-state index >= 15 is 0 Å². The number of rotatable bonds is 2. The van der Waals surface area contributed by atoms with Gasteiger partial charge in [-0.15, -0.1) is 12.6 Å². The van der Waals surface area contributed by atoms with Crippen LogP contribution in [0.3, 0.4) is 0 Å². The molecule has 0 aliphatic heterocycles. The smallest absolute Gasteiger partial charge is 0.334 e. The fourth-order valence-corrected chi connectivity index (χ4v) is 0.203. The van der Waals surface area contributed by atoms with E-state index in [1.165, 1.54) is 0 Å². The van der Waals surface area contributed by atoms with Crippen LogP contribution in [0, 0.1) is 0 Å². The van der Waals surface area contributed by atoms with Crippen LogP contribution in [0.2, 0.25) is 0 Å². The van der Waals surface area contributed by atoms with Crippen molar-refractivity contribution in [3.05, 3.63) is 0 Å². The molecule has 3 nitrogen and oxygen atoms in total. The van der Waals surface area contributed by atoms with E-state index in [9.17, 15) is 4.79 Å². The highest BCUT2D eigenvalue weighted by molar-refractivity contribution is 7.86. The van der Waals surface area contributed by atoms with Gasteiger partial charge in [0.15, 0.2) is 4.87 Å². The maximum absolute atomic E-state index is 10.0. The SMILES string of the molecule is NC(S)(CS)C(=O)O. The van der Waals surface area contributed by atoms with Crippen LogP contribution >= 0.6 is 25.3 Å². The van der Waals surface area contributed by atoms with Gasteiger partial charge in [0, 0.05) is 5.75 Å². The topological polar surface area (TPSA) is 63.3 Å². The Morgan fingerprint density at radius 1 is 1.88 bits per heavy atom. The first-order chi connectivity index (χ1) is 3.50. The first kappa shape index (κ1) is 8.13. The van der Waals surface area contributed by atoms with Crippen LogP contribution < -0.4 is 5.73 Å². The molecule has 0 bridgehead atoms. The van der Waals surface area contributed by atoms with Crippen LogP contribution in [-0.2, 0) is 4.79 Å². The number of hydrogen-bond acceptors (Lipinski definition) is 4. The van der Waals surface area contributed by atoms with Gasteiger partial charge in [-0.1, -0.05) is 0 Å². The maximum atomic E-state index is 10.0. The third kappa shape index (κ3) is 1.94. The molecule has 0 fully saturated rings. The van der Waals surface area contributed by atoms with E-state index in [-0.39, 0.29) is 5.75 Å². The Hall–Kier alpha value is 0.130. The summed E-state index contributed by atoms with van der Waals surface area (Å²) in [5.41, 5.74) is 5.05. The minimum Gasteiger partial charge on any atom is -0.479 e. The third-order valence-corrected chi connectivity index (χ3v) is 1.71. The van der Waals surface area contributed by atoms with E-state index in [1.807, 2.05) is 0 Å². The monoisotopic (exact) mass is 153 g/mol. The number of carbonyl (C=O) groups is 1. The zero-order valence-electron chi connectivity index (χ0n) is 4.03. The Morgan fingerprint density at radius 3 is 2.25 bits per heavy atom. The zero-order valence-corrected chi connectivity index (χ0v) is 5.82. The normalized spacial score (nSPS) is 17.4. The highest BCUT2D eigenvalue weighted by atomic mass is 32.1. The molecule has 0 aromatic rings. The second-order valence-corrected chi connectivity index (χ2v) is 2.50. The lowest BCUT2D eigenvalue weighted by Gasteiger charge is -2.13. The van der Waals surface area contributed by atoms with Gasteiger partial charge in [-0.25, -0.2) is 4.79 Å². The molecule has 0 heterocycles. The van der Waals surface area contributed by atoms with Gasteiger partial charge in [0.2, 0.25) is 0 Å². The van der Waals surface area contributed by atoms with Gasteiger partial charge in [0.1, 0.15) is 0 Å². The van der Waals surface area contributed by atoms with E-state index in [0.29, 0.717) is 0 Å². The Kier molecular flexibility index (Phi) is 2.65. The predicted molar refractivity (Wildman–Crippen MR) is 37.4 cm³/mol. The fourth-order valence-electron chi connectivity index (χ4n) is 0.0676. The summed E-state index contributed by atoms with van der Waals surface area (Å²) < 4.78 is 0. The molecule has 0 radical (unpaired) electrons. The quantitative estimate of drug-likeness (QED) is 0.322. The predicted octanol–water partition coefficient (Wildman–Crippen LogP) is -0.414. The summed E-state index contributed by atoms with van der Waals surface area (Å²) >= 11 is 7.24. The van der Waals surface area contributed by atoms with Gasteiger partial charge in [-0.05, 0) is 0 Å². The van der Waals surface area contributed by atoms with Gasteiger partial charge >= 0.3 is 5.97 Å². The second kappa shape index (κ2) is 2.61. The lowest BCUT2D eigenvalue weighted by Crippen LogP contribution is -2.44. The largest absolute Gasteiger partial charge is 0.479 e. The van der Waals surface area contributed by atoms with Crippen LogP contribution in [0.4, 0.5) is 0 Å². The molecule has 1 atom stereocenters. The summed E-state index contributed by atoms with van der Waals surface area (Å²) in [4.78, 5) is 8.52. The molecule has 0 saturated heterocycles. The average molecular weight is 153 g/mol. The Morgan fingerprint density at radius 2 is 2.25 bits per heavy atom. The van der Waals surface area contributed by atoms with Crippen LogP contribution in [0.25, 0.3) is 0 Å². The van der Waals surface area contributed by atoms with Gasteiger partial charge in [-0.2, -0.15) is 12.6 Å². The van der Waals surface area contributed by atoms with E-state index in [2.05, 4.69) is 25.3 Å². The van der Waals surface area contributed by atoms with Gasteiger partial charge in [0.25, 0.3) is 0 Å². The van der Waals surface area contributed by atoms with E-state index < -0.39 is 10.8 Å². The van der Waals surface area contributed by atoms with E-state index in [0.717, 1.165) is 0 Å². The van der Waals surface area contributed by atoms with Crippen molar-refractivity contribution in [2.45, 2.75) is 4.87 Å². The van der Waals surface area contributed by atoms with Crippen molar-refractivity contribution in [1.29, 1.82) is 0 Å². The Balaban J connectivity index is 3.91. The number of aliphatic carboxylic acids is 1. The molecule has 0 aromatic heterocycles. The summed E-state index contributed by atoms with van der Waals surface area (Å²) in [7, 11) is 0. The molecule has 48 valence electrons. The van der Waals surface area contributed by atoms with Crippen molar-refractivity contribution in [1.82, 2.24) is 0 Å². The number of hydrogen-bond donors (Lipinski definition) is 4. The molecule has 5 heteroatoms. The molecule has 0 saturated carbocycles. The van der Waals surface area contributed by atoms with Crippen LogP contribution in [0.15, 0.2) is 0 Å². The lowest BCUT2D eigenvalue weighted by atomic mass is 10.4. The number of carboxylic acids is 1. The molecule has 1 unspecified atom stereocenters. The van der Waals surface area contributed by atoms with Gasteiger partial charge < -0.3 is 10.8 Å². The van der Waals surface area contributed by atoms with Crippen LogP contribution in [0.1, 0.15) is 0 Å². The van der Waals surface area contributed by atoms with Crippen LogP contribution in [-0.4, -0.2) is 21.7 Å². The molecular weight excluding hydrogens is 146 g/mol. The first-order valence-corrected chi connectivity index (χ1v) is 2.94. The summed E-state index contributed by atoms with van der Waals surface area (Å²) in [6, 6.07) is 0. The average Bonchev–Trinajstić information content (AvgIpc) is 1.67. The fraction of sp³-hybridized carbons (Fsp3) is 0.667. The number of nitrogens with two attached hydrogens (primary N) is 1. The summed E-state index contributed by atoms with van der Waals surface area (Å²) in [6.45, 7) is 0. The van der Waals surface area contributed by atoms with Crippen molar-refractivity contribution >= 4 is 31.2 Å². The summed E-state index contributed by atoms with van der Waals surface area (Å²) in [6.07, 6.45) is 0. The van der Waals surface area contributed by atoms with E-state index in [1.54, 1.807) is 0 Å². The molecule has 8 heavy (non-hydrogen) atoms. The minimum atomic E-state index is -1.48. The highest BCUT2D eigenvalue weighted by Crippen LogP contribution is 2.06. The molecule has 3 N–H and O–H groups in total. The standard InChI is InChI=1S/C3H7NO2S2/c4-3(8,1-7)2(5)6/h7-8H,1,4H2,(H,5,6). The molecular formula is C3H7NO2S2. The van der Waals surface area contributed by atoms with Crippen molar-refractivity contribution < 1.29 is 9.90 Å². The lowest BCUT2D eigenvalue weighted by molar-refractivity contribution is -0.139. The van der Waals surface area contributed by atoms with Gasteiger partial charge in [0.05, 0.1) is 0 Å². The van der Waals surface area contributed by atoms with Gasteiger partial charge in [-0.3, -0.25) is 0 Å². The second-order valence-electron chi connectivity index (χ2n) is 1.39. The zero-order chi connectivity index (χ0) is 6.78. The molecule has 0 aliphatic rings. The third-order valence-electron chi connectivity index (χ3n) is 0.611. The summed E-state index contributed by atoms with van der Waals surface area (Å²) in [5.74, 6) is -1.14. The molecule has 0 rings (SSSR count). The maximum Gasteiger partial charge on any atom is 0.334 e. The molecule has 0 spiro atoms. The molecule has 0 aromatic carbocycles. The molecule has 0 aliphatic carbocycles. The first-order valence-electron chi connectivity index (χ1n) is 1.86. The Bertz CT molecular complexity index is 103. The van der Waals surface area contributed by atoms with Crippen molar-refractivity contribution in [2.24, 2.45) is 5.73 Å². The highest BCUT2D eigenvalue weighted by Gasteiger charge is 2.26. The Labute approximate surface area is 58.1 Å².